The molecule has 2 rings (SSSR count). The molecule has 74 valence electrons. The molecule has 7 heteroatoms. The molecule has 0 aliphatic rings. The highest BCUT2D eigenvalue weighted by atomic mass is 35.5. The molecular weight excluding hydrogens is 244 g/mol. The van der Waals surface area contributed by atoms with E-state index in [1.807, 2.05) is 0 Å². The third-order valence-corrected chi connectivity index (χ3v) is 4.64. The lowest BCUT2D eigenvalue weighted by Gasteiger charge is -1.99. The first-order chi connectivity index (χ1) is 6.60. The van der Waals surface area contributed by atoms with Crippen LogP contribution in [-0.2, 0) is 10.0 Å². The number of nitrogens with zero attached hydrogens (tertiary/aromatic N) is 2. The van der Waals surface area contributed by atoms with Crippen molar-refractivity contribution in [3.05, 3.63) is 34.9 Å². The molecule has 2 aromatic heterocycles. The lowest BCUT2D eigenvalue weighted by molar-refractivity contribution is 0.582. The lowest BCUT2D eigenvalue weighted by Crippen LogP contribution is -2.11. The van der Waals surface area contributed by atoms with Crippen LogP contribution in [0, 0.1) is 0 Å². The van der Waals surface area contributed by atoms with E-state index in [2.05, 4.69) is 5.10 Å². The second kappa shape index (κ2) is 3.38. The lowest BCUT2D eigenvalue weighted by atomic mass is 10.7. The van der Waals surface area contributed by atoms with Crippen LogP contribution in [0.1, 0.15) is 0 Å². The first-order valence-corrected chi connectivity index (χ1v) is 6.30. The zero-order chi connectivity index (χ0) is 10.2. The zero-order valence-electron chi connectivity index (χ0n) is 6.79. The molecule has 4 nitrogen and oxygen atoms in total. The second-order valence-corrected chi connectivity index (χ2v) is 5.87. The topological polar surface area (TPSA) is 52.0 Å². The van der Waals surface area contributed by atoms with Crippen molar-refractivity contribution in [1.29, 1.82) is 0 Å². The summed E-state index contributed by atoms with van der Waals surface area (Å²) in [5.74, 6) is 0. The van der Waals surface area contributed by atoms with Crippen molar-refractivity contribution in [2.75, 3.05) is 0 Å². The summed E-state index contributed by atoms with van der Waals surface area (Å²) in [6.07, 6.45) is 2.54. The van der Waals surface area contributed by atoms with Crippen LogP contribution >= 0.6 is 22.9 Å². The molecule has 0 aliphatic carbocycles. The summed E-state index contributed by atoms with van der Waals surface area (Å²) in [6, 6.07) is 3.19. The fourth-order valence-corrected chi connectivity index (χ4v) is 3.30. The number of rotatable bonds is 2. The Hall–Kier alpha value is -0.850. The van der Waals surface area contributed by atoms with E-state index in [1.54, 1.807) is 11.4 Å². The van der Waals surface area contributed by atoms with E-state index in [0.29, 0.717) is 5.02 Å². The van der Waals surface area contributed by atoms with E-state index in [1.165, 1.54) is 18.5 Å². The Morgan fingerprint density at radius 1 is 1.50 bits per heavy atom. The molecule has 0 atom stereocenters. The first-order valence-electron chi connectivity index (χ1n) is 3.60. The van der Waals surface area contributed by atoms with Crippen LogP contribution in [-0.4, -0.2) is 17.6 Å². The highest BCUT2D eigenvalue weighted by Gasteiger charge is 2.18. The fraction of sp³-hybridized carbons (Fsp3) is 0. The van der Waals surface area contributed by atoms with Crippen molar-refractivity contribution >= 4 is 33.0 Å². The first kappa shape index (κ1) is 9.70. The molecule has 14 heavy (non-hydrogen) atoms. The van der Waals surface area contributed by atoms with Crippen molar-refractivity contribution < 1.29 is 8.42 Å². The maximum Gasteiger partial charge on any atom is 0.292 e. The predicted molar refractivity (Wildman–Crippen MR) is 54.1 cm³/mol. The van der Waals surface area contributed by atoms with Gasteiger partial charge in [-0.2, -0.15) is 17.6 Å². The van der Waals surface area contributed by atoms with Crippen LogP contribution in [0.5, 0.6) is 0 Å². The van der Waals surface area contributed by atoms with Gasteiger partial charge in [-0.25, -0.2) is 0 Å². The van der Waals surface area contributed by atoms with Crippen molar-refractivity contribution in [1.82, 2.24) is 9.19 Å². The van der Waals surface area contributed by atoms with E-state index in [-0.39, 0.29) is 4.21 Å². The van der Waals surface area contributed by atoms with Crippen LogP contribution in [0.3, 0.4) is 0 Å². The quantitative estimate of drug-likeness (QED) is 0.815. The monoisotopic (exact) mass is 248 g/mol. The van der Waals surface area contributed by atoms with Gasteiger partial charge < -0.3 is 0 Å². The second-order valence-electron chi connectivity index (χ2n) is 2.47. The summed E-state index contributed by atoms with van der Waals surface area (Å²) in [5.41, 5.74) is 0. The SMILES string of the molecule is O=S(=O)(c1cccs1)n1cc(Cl)cn1. The molecule has 0 bridgehead atoms. The van der Waals surface area contributed by atoms with Gasteiger partial charge in [-0.15, -0.1) is 11.3 Å². The highest BCUT2D eigenvalue weighted by Crippen LogP contribution is 2.19. The minimum atomic E-state index is -3.54. The Labute approximate surface area is 89.8 Å². The van der Waals surface area contributed by atoms with Crippen molar-refractivity contribution in [3.8, 4) is 0 Å². The van der Waals surface area contributed by atoms with Crippen LogP contribution < -0.4 is 0 Å². The molecule has 0 unspecified atom stereocenters. The van der Waals surface area contributed by atoms with Crippen LogP contribution in [0.4, 0.5) is 0 Å². The van der Waals surface area contributed by atoms with Gasteiger partial charge in [0.15, 0.2) is 0 Å². The molecule has 0 amide bonds. The average Bonchev–Trinajstić information content (AvgIpc) is 2.72. The third kappa shape index (κ3) is 1.56. The van der Waals surface area contributed by atoms with E-state index < -0.39 is 10.0 Å². The smallest absolute Gasteiger partial charge is 0.198 e. The predicted octanol–water partition coefficient (Wildman–Crippen LogP) is 1.83. The van der Waals surface area contributed by atoms with Crippen molar-refractivity contribution in [2.24, 2.45) is 0 Å². The standard InChI is InChI=1S/C7H5ClN2O2S2/c8-6-4-9-10(5-6)14(11,12)7-2-1-3-13-7/h1-5H. The molecule has 0 saturated heterocycles. The highest BCUT2D eigenvalue weighted by molar-refractivity contribution is 7.91. The molecule has 0 aromatic carbocycles. The van der Waals surface area contributed by atoms with Gasteiger partial charge in [0.25, 0.3) is 10.0 Å². The Kier molecular flexibility index (Phi) is 2.34. The minimum Gasteiger partial charge on any atom is -0.198 e. The van der Waals surface area contributed by atoms with Gasteiger partial charge >= 0.3 is 0 Å². The molecule has 0 fully saturated rings. The summed E-state index contributed by atoms with van der Waals surface area (Å²) in [7, 11) is -3.54. The third-order valence-electron chi connectivity index (χ3n) is 1.52. The molecule has 0 N–H and O–H groups in total. The van der Waals surface area contributed by atoms with E-state index >= 15 is 0 Å². The molecule has 0 saturated carbocycles. The van der Waals surface area contributed by atoms with Crippen LogP contribution in [0.2, 0.25) is 5.02 Å². The van der Waals surface area contributed by atoms with E-state index in [9.17, 15) is 8.42 Å². The van der Waals surface area contributed by atoms with Gasteiger partial charge in [0.2, 0.25) is 0 Å². The maximum atomic E-state index is 11.8. The number of halogens is 1. The van der Waals surface area contributed by atoms with Crippen LogP contribution in [0.25, 0.3) is 0 Å². The van der Waals surface area contributed by atoms with E-state index in [4.69, 9.17) is 11.6 Å². The molecule has 2 heterocycles. The van der Waals surface area contributed by atoms with Crippen molar-refractivity contribution in [3.63, 3.8) is 0 Å². The Morgan fingerprint density at radius 2 is 2.29 bits per heavy atom. The Balaban J connectivity index is 2.54. The normalized spacial score (nSPS) is 11.8. The fourth-order valence-electron chi connectivity index (χ4n) is 0.918. The van der Waals surface area contributed by atoms with Gasteiger partial charge in [0.05, 0.1) is 17.4 Å². The molecule has 0 aliphatic heterocycles. The van der Waals surface area contributed by atoms with Gasteiger partial charge in [0.1, 0.15) is 4.21 Å². The largest absolute Gasteiger partial charge is 0.292 e. The minimum absolute atomic E-state index is 0.247. The molecule has 2 aromatic rings. The maximum absolute atomic E-state index is 11.8. The molecule has 0 radical (unpaired) electrons. The summed E-state index contributed by atoms with van der Waals surface area (Å²) >= 11 is 6.73. The number of hydrogen-bond donors (Lipinski definition) is 0. The summed E-state index contributed by atoms with van der Waals surface area (Å²) in [4.78, 5) is 0. The van der Waals surface area contributed by atoms with Crippen LogP contribution in [0.15, 0.2) is 34.1 Å². The summed E-state index contributed by atoms with van der Waals surface area (Å²) < 4.78 is 24.6. The van der Waals surface area contributed by atoms with Gasteiger partial charge in [0, 0.05) is 0 Å². The zero-order valence-corrected chi connectivity index (χ0v) is 9.18. The van der Waals surface area contributed by atoms with Gasteiger partial charge in [-0.1, -0.05) is 17.7 Å². The number of thiophene rings is 1. The summed E-state index contributed by atoms with van der Waals surface area (Å²) in [6.45, 7) is 0. The number of hydrogen-bond acceptors (Lipinski definition) is 4. The van der Waals surface area contributed by atoms with Gasteiger partial charge in [-0.3, -0.25) is 0 Å². The van der Waals surface area contributed by atoms with Crippen molar-refractivity contribution in [2.45, 2.75) is 4.21 Å². The van der Waals surface area contributed by atoms with E-state index in [0.717, 1.165) is 15.4 Å². The summed E-state index contributed by atoms with van der Waals surface area (Å²) in [5, 5.41) is 5.64. The average molecular weight is 249 g/mol. The van der Waals surface area contributed by atoms with Gasteiger partial charge in [-0.05, 0) is 11.4 Å². The number of aromatic nitrogens is 2. The molecular formula is C7H5ClN2O2S2. The Bertz CT molecular complexity index is 530. The molecule has 0 spiro atoms. The Morgan fingerprint density at radius 3 is 2.79 bits per heavy atom.